The Morgan fingerprint density at radius 2 is 1.60 bits per heavy atom. The Morgan fingerprint density at radius 3 is 2.28 bits per heavy atom. The average molecular weight is 349 g/mol. The summed E-state index contributed by atoms with van der Waals surface area (Å²) in [5, 5.41) is 0.108. The molecule has 3 aromatic rings. The molecule has 0 amide bonds. The Morgan fingerprint density at radius 1 is 0.880 bits per heavy atom. The highest BCUT2D eigenvalue weighted by Gasteiger charge is 2.11. The Labute approximate surface area is 153 Å². The molecule has 0 unspecified atom stereocenters. The van der Waals surface area contributed by atoms with Gasteiger partial charge >= 0.3 is 0 Å². The molecule has 0 aliphatic rings. The maximum Gasteiger partial charge on any atom is 0.158 e. The summed E-state index contributed by atoms with van der Waals surface area (Å²) in [6, 6.07) is 21.1. The number of hydrogen-bond acceptors (Lipinski definition) is 0. The van der Waals surface area contributed by atoms with Crippen molar-refractivity contribution in [2.24, 2.45) is 0 Å². The van der Waals surface area contributed by atoms with E-state index < -0.39 is 5.82 Å². The van der Waals surface area contributed by atoms with Gasteiger partial charge in [-0.1, -0.05) is 85.3 Å². The molecule has 0 bridgehead atoms. The SMILES string of the molecule is CCCc1ccc(C#Cc2ccc(-c3ccccc3)c(Cl)c2F)cc1. The zero-order valence-corrected chi connectivity index (χ0v) is 14.8. The van der Waals surface area contributed by atoms with Gasteiger partial charge in [0.15, 0.2) is 5.82 Å². The lowest BCUT2D eigenvalue weighted by Gasteiger charge is -2.06. The molecular formula is C23H18ClF. The topological polar surface area (TPSA) is 0 Å². The van der Waals surface area contributed by atoms with Crippen LogP contribution in [-0.2, 0) is 6.42 Å². The second-order valence-corrected chi connectivity index (χ2v) is 6.23. The maximum atomic E-state index is 14.6. The van der Waals surface area contributed by atoms with Crippen molar-refractivity contribution in [2.45, 2.75) is 19.8 Å². The fourth-order valence-electron chi connectivity index (χ4n) is 2.67. The fourth-order valence-corrected chi connectivity index (χ4v) is 2.94. The van der Waals surface area contributed by atoms with Gasteiger partial charge in [0.25, 0.3) is 0 Å². The van der Waals surface area contributed by atoms with Crippen LogP contribution >= 0.6 is 11.6 Å². The van der Waals surface area contributed by atoms with Gasteiger partial charge in [-0.3, -0.25) is 0 Å². The minimum absolute atomic E-state index is 0.108. The van der Waals surface area contributed by atoms with E-state index >= 15 is 0 Å². The van der Waals surface area contributed by atoms with E-state index in [1.807, 2.05) is 48.5 Å². The van der Waals surface area contributed by atoms with Gasteiger partial charge in [0, 0.05) is 11.1 Å². The fraction of sp³-hybridized carbons (Fsp3) is 0.130. The average Bonchev–Trinajstić information content (AvgIpc) is 2.65. The zero-order valence-electron chi connectivity index (χ0n) is 14.0. The van der Waals surface area contributed by atoms with Crippen molar-refractivity contribution < 1.29 is 4.39 Å². The Balaban J connectivity index is 1.88. The molecule has 0 heterocycles. The van der Waals surface area contributed by atoms with Gasteiger partial charge < -0.3 is 0 Å². The van der Waals surface area contributed by atoms with Crippen molar-refractivity contribution in [3.8, 4) is 23.0 Å². The van der Waals surface area contributed by atoms with Gasteiger partial charge in [-0.25, -0.2) is 4.39 Å². The van der Waals surface area contributed by atoms with Crippen molar-refractivity contribution >= 4 is 11.6 Å². The van der Waals surface area contributed by atoms with E-state index in [0.29, 0.717) is 11.1 Å². The van der Waals surface area contributed by atoms with Gasteiger partial charge in [0.1, 0.15) is 0 Å². The molecule has 0 saturated carbocycles. The predicted molar refractivity (Wildman–Crippen MR) is 103 cm³/mol. The molecule has 0 N–H and O–H groups in total. The molecule has 0 nitrogen and oxygen atoms in total. The molecule has 3 rings (SSSR count). The summed E-state index contributed by atoms with van der Waals surface area (Å²) in [7, 11) is 0. The summed E-state index contributed by atoms with van der Waals surface area (Å²) >= 11 is 6.23. The minimum Gasteiger partial charge on any atom is -0.204 e. The van der Waals surface area contributed by atoms with E-state index in [2.05, 4.69) is 30.9 Å². The molecule has 25 heavy (non-hydrogen) atoms. The van der Waals surface area contributed by atoms with Gasteiger partial charge in [0.2, 0.25) is 0 Å². The first-order valence-corrected chi connectivity index (χ1v) is 8.71. The normalized spacial score (nSPS) is 10.2. The van der Waals surface area contributed by atoms with E-state index in [1.54, 1.807) is 6.07 Å². The second-order valence-electron chi connectivity index (χ2n) is 5.85. The van der Waals surface area contributed by atoms with Crippen LogP contribution in [0.3, 0.4) is 0 Å². The third-order valence-corrected chi connectivity index (χ3v) is 4.37. The first-order chi connectivity index (χ1) is 12.2. The van der Waals surface area contributed by atoms with E-state index in [1.165, 1.54) is 5.56 Å². The summed E-state index contributed by atoms with van der Waals surface area (Å²) in [6.07, 6.45) is 2.17. The highest BCUT2D eigenvalue weighted by Crippen LogP contribution is 2.31. The lowest BCUT2D eigenvalue weighted by Crippen LogP contribution is -1.89. The lowest BCUT2D eigenvalue weighted by atomic mass is 10.0. The van der Waals surface area contributed by atoms with Crippen LogP contribution in [0.5, 0.6) is 0 Å². The minimum atomic E-state index is -0.474. The van der Waals surface area contributed by atoms with Crippen LogP contribution in [0.15, 0.2) is 66.7 Å². The number of halogens is 2. The monoisotopic (exact) mass is 348 g/mol. The molecule has 0 fully saturated rings. The van der Waals surface area contributed by atoms with E-state index in [0.717, 1.165) is 24.0 Å². The van der Waals surface area contributed by atoms with Crippen LogP contribution in [0.4, 0.5) is 4.39 Å². The summed E-state index contributed by atoms with van der Waals surface area (Å²) < 4.78 is 14.6. The summed E-state index contributed by atoms with van der Waals surface area (Å²) in [5.41, 5.74) is 4.02. The Hall–Kier alpha value is -2.56. The molecule has 0 aromatic heterocycles. The maximum absolute atomic E-state index is 14.6. The van der Waals surface area contributed by atoms with Crippen LogP contribution in [0, 0.1) is 17.7 Å². The Bertz CT molecular complexity index is 916. The molecule has 0 spiro atoms. The molecule has 0 aliphatic heterocycles. The molecule has 0 aliphatic carbocycles. The highest BCUT2D eigenvalue weighted by atomic mass is 35.5. The second kappa shape index (κ2) is 8.01. The smallest absolute Gasteiger partial charge is 0.158 e. The number of benzene rings is 3. The van der Waals surface area contributed by atoms with Crippen molar-refractivity contribution in [3.05, 3.63) is 94.3 Å². The molecule has 2 heteroatoms. The highest BCUT2D eigenvalue weighted by molar-refractivity contribution is 6.33. The first-order valence-electron chi connectivity index (χ1n) is 8.33. The molecule has 0 atom stereocenters. The summed E-state index contributed by atoms with van der Waals surface area (Å²) in [5.74, 6) is 5.43. The largest absolute Gasteiger partial charge is 0.204 e. The standard InChI is InChI=1S/C23H18ClF/c1-2-6-17-9-11-18(12-10-17)13-14-20-15-16-21(22(24)23(20)25)19-7-4-3-5-8-19/h3-5,7-12,15-16H,2,6H2,1H3. The summed E-state index contributed by atoms with van der Waals surface area (Å²) in [4.78, 5) is 0. The molecule has 124 valence electrons. The molecule has 3 aromatic carbocycles. The lowest BCUT2D eigenvalue weighted by molar-refractivity contribution is 0.625. The van der Waals surface area contributed by atoms with Crippen molar-refractivity contribution in [2.75, 3.05) is 0 Å². The van der Waals surface area contributed by atoms with Crippen LogP contribution in [0.2, 0.25) is 5.02 Å². The number of rotatable bonds is 3. The zero-order chi connectivity index (χ0) is 17.6. The van der Waals surface area contributed by atoms with E-state index in [4.69, 9.17) is 11.6 Å². The molecular weight excluding hydrogens is 331 g/mol. The van der Waals surface area contributed by atoms with Crippen LogP contribution in [0.1, 0.15) is 30.0 Å². The summed E-state index contributed by atoms with van der Waals surface area (Å²) in [6.45, 7) is 2.15. The Kier molecular flexibility index (Phi) is 5.53. The first kappa shape index (κ1) is 17.3. The quantitative estimate of drug-likeness (QED) is 0.474. The van der Waals surface area contributed by atoms with E-state index in [-0.39, 0.29) is 5.02 Å². The van der Waals surface area contributed by atoms with E-state index in [9.17, 15) is 4.39 Å². The van der Waals surface area contributed by atoms with Crippen molar-refractivity contribution in [1.29, 1.82) is 0 Å². The predicted octanol–water partition coefficient (Wildman–Crippen LogP) is 6.50. The van der Waals surface area contributed by atoms with Crippen molar-refractivity contribution in [3.63, 3.8) is 0 Å². The van der Waals surface area contributed by atoms with Gasteiger partial charge in [0.05, 0.1) is 10.6 Å². The van der Waals surface area contributed by atoms with Crippen LogP contribution in [-0.4, -0.2) is 0 Å². The third kappa shape index (κ3) is 4.10. The molecule has 0 radical (unpaired) electrons. The number of hydrogen-bond donors (Lipinski definition) is 0. The van der Waals surface area contributed by atoms with Gasteiger partial charge in [-0.2, -0.15) is 0 Å². The third-order valence-electron chi connectivity index (χ3n) is 4.00. The van der Waals surface area contributed by atoms with Crippen LogP contribution < -0.4 is 0 Å². The number of aryl methyl sites for hydroxylation is 1. The van der Waals surface area contributed by atoms with Crippen molar-refractivity contribution in [1.82, 2.24) is 0 Å². The van der Waals surface area contributed by atoms with Gasteiger partial charge in [-0.05, 0) is 35.7 Å². The molecule has 0 saturated heterocycles. The van der Waals surface area contributed by atoms with Crippen LogP contribution in [0.25, 0.3) is 11.1 Å². The van der Waals surface area contributed by atoms with Gasteiger partial charge in [-0.15, -0.1) is 0 Å².